The van der Waals surface area contributed by atoms with Crippen LogP contribution in [0.2, 0.25) is 0 Å². The fraction of sp³-hybridized carbons (Fsp3) is 0.556. The van der Waals surface area contributed by atoms with Gasteiger partial charge in [0.05, 0.1) is 17.7 Å². The van der Waals surface area contributed by atoms with Gasteiger partial charge in [-0.15, -0.1) is 0 Å². The number of carbonyl (C=O) groups is 2. The van der Waals surface area contributed by atoms with Crippen LogP contribution in [0.15, 0.2) is 18.2 Å². The maximum absolute atomic E-state index is 12.3. The van der Waals surface area contributed by atoms with E-state index in [1.54, 1.807) is 6.07 Å². The molecule has 0 saturated carbocycles. The van der Waals surface area contributed by atoms with Crippen molar-refractivity contribution >= 4 is 17.6 Å². The summed E-state index contributed by atoms with van der Waals surface area (Å²) in [5, 5.41) is 0. The Morgan fingerprint density at radius 3 is 2.29 bits per heavy atom. The molecule has 134 valence electrons. The quantitative estimate of drug-likeness (QED) is 0.551. The van der Waals surface area contributed by atoms with Crippen molar-refractivity contribution in [2.45, 2.75) is 27.7 Å². The average Bonchev–Trinajstić information content (AvgIpc) is 2.56. The molecule has 0 heterocycles. The molecule has 0 bridgehead atoms. The Morgan fingerprint density at radius 2 is 1.71 bits per heavy atom. The summed E-state index contributed by atoms with van der Waals surface area (Å²) in [6.45, 7) is 11.0. The van der Waals surface area contributed by atoms with E-state index in [0.29, 0.717) is 18.8 Å². The highest BCUT2D eigenvalue weighted by atomic mass is 16.5. The first-order chi connectivity index (χ1) is 11.4. The predicted molar refractivity (Wildman–Crippen MR) is 94.0 cm³/mol. The Morgan fingerprint density at radius 1 is 1.08 bits per heavy atom. The summed E-state index contributed by atoms with van der Waals surface area (Å²) in [5.74, 6) is -0.891. The zero-order valence-corrected chi connectivity index (χ0v) is 15.0. The van der Waals surface area contributed by atoms with Gasteiger partial charge in [-0.3, -0.25) is 0 Å². The highest BCUT2D eigenvalue weighted by molar-refractivity contribution is 6.03. The van der Waals surface area contributed by atoms with E-state index in [4.69, 9.17) is 15.2 Å². The van der Waals surface area contributed by atoms with E-state index in [9.17, 15) is 9.59 Å². The van der Waals surface area contributed by atoms with Gasteiger partial charge in [-0.25, -0.2) is 9.59 Å². The molecule has 0 spiro atoms. The number of nitrogens with two attached hydrogens (primary N) is 1. The zero-order chi connectivity index (χ0) is 18.1. The fourth-order valence-electron chi connectivity index (χ4n) is 2.11. The molecule has 24 heavy (non-hydrogen) atoms. The molecule has 0 aliphatic rings. The Balaban J connectivity index is 2.79. The lowest BCUT2D eigenvalue weighted by Gasteiger charge is -2.18. The molecule has 0 aliphatic heterocycles. The summed E-state index contributed by atoms with van der Waals surface area (Å²) in [5.41, 5.74) is 6.45. The van der Waals surface area contributed by atoms with Crippen molar-refractivity contribution in [1.82, 2.24) is 4.90 Å². The van der Waals surface area contributed by atoms with Gasteiger partial charge in [0.15, 0.2) is 0 Å². The third-order valence-corrected chi connectivity index (χ3v) is 3.57. The van der Waals surface area contributed by atoms with Gasteiger partial charge in [-0.1, -0.05) is 27.7 Å². The molecule has 0 amide bonds. The van der Waals surface area contributed by atoms with Gasteiger partial charge in [0.2, 0.25) is 0 Å². The van der Waals surface area contributed by atoms with Crippen LogP contribution >= 0.6 is 0 Å². The number of esters is 2. The average molecular weight is 336 g/mol. The number of hydrogen-bond acceptors (Lipinski definition) is 6. The van der Waals surface area contributed by atoms with Gasteiger partial charge in [-0.2, -0.15) is 0 Å². The maximum atomic E-state index is 12.3. The lowest BCUT2D eigenvalue weighted by molar-refractivity contribution is 0.0416. The second kappa shape index (κ2) is 9.93. The highest BCUT2D eigenvalue weighted by Crippen LogP contribution is 2.17. The summed E-state index contributed by atoms with van der Waals surface area (Å²) in [7, 11) is 0. The van der Waals surface area contributed by atoms with Gasteiger partial charge in [0.25, 0.3) is 0 Å². The number of carbonyl (C=O) groups excluding carboxylic acids is 2. The largest absolute Gasteiger partial charge is 0.462 e. The zero-order valence-electron chi connectivity index (χ0n) is 15.0. The third-order valence-electron chi connectivity index (χ3n) is 3.57. The van der Waals surface area contributed by atoms with Crippen LogP contribution < -0.4 is 5.73 Å². The summed E-state index contributed by atoms with van der Waals surface area (Å²) in [4.78, 5) is 26.6. The van der Waals surface area contributed by atoms with Crippen LogP contribution in [0, 0.1) is 5.92 Å². The SMILES string of the molecule is CCN(CC)CCOC(=O)c1cc(N)ccc1C(=O)OCC(C)C. The molecule has 0 aromatic heterocycles. The van der Waals surface area contributed by atoms with Crippen LogP contribution in [0.25, 0.3) is 0 Å². The van der Waals surface area contributed by atoms with Crippen molar-refractivity contribution in [2.24, 2.45) is 5.92 Å². The van der Waals surface area contributed by atoms with Crippen molar-refractivity contribution in [3.63, 3.8) is 0 Å². The lowest BCUT2D eigenvalue weighted by atomic mass is 10.1. The smallest absolute Gasteiger partial charge is 0.339 e. The molecular formula is C18H28N2O4. The van der Waals surface area contributed by atoms with E-state index in [2.05, 4.69) is 4.90 Å². The van der Waals surface area contributed by atoms with E-state index in [0.717, 1.165) is 13.1 Å². The molecule has 6 heteroatoms. The second-order valence-electron chi connectivity index (χ2n) is 5.96. The van der Waals surface area contributed by atoms with E-state index in [-0.39, 0.29) is 23.7 Å². The minimum Gasteiger partial charge on any atom is -0.462 e. The van der Waals surface area contributed by atoms with Gasteiger partial charge in [0.1, 0.15) is 6.61 Å². The summed E-state index contributed by atoms with van der Waals surface area (Å²) >= 11 is 0. The van der Waals surface area contributed by atoms with Gasteiger partial charge in [0, 0.05) is 12.2 Å². The molecule has 1 aromatic rings. The Bertz CT molecular complexity index is 554. The molecule has 0 fully saturated rings. The molecule has 6 nitrogen and oxygen atoms in total. The normalized spacial score (nSPS) is 10.9. The fourth-order valence-corrected chi connectivity index (χ4v) is 2.11. The van der Waals surface area contributed by atoms with E-state index in [1.165, 1.54) is 12.1 Å². The monoisotopic (exact) mass is 336 g/mol. The highest BCUT2D eigenvalue weighted by Gasteiger charge is 2.20. The van der Waals surface area contributed by atoms with Crippen LogP contribution in [-0.2, 0) is 9.47 Å². The van der Waals surface area contributed by atoms with E-state index >= 15 is 0 Å². The Kier molecular flexibility index (Phi) is 8.26. The number of hydrogen-bond donors (Lipinski definition) is 1. The molecule has 2 N–H and O–H groups in total. The minimum atomic E-state index is -0.564. The van der Waals surface area contributed by atoms with E-state index in [1.807, 2.05) is 27.7 Å². The van der Waals surface area contributed by atoms with Crippen molar-refractivity contribution < 1.29 is 19.1 Å². The molecule has 0 unspecified atom stereocenters. The van der Waals surface area contributed by atoms with Crippen molar-refractivity contribution in [1.29, 1.82) is 0 Å². The molecule has 1 rings (SSSR count). The molecule has 0 saturated heterocycles. The number of anilines is 1. The predicted octanol–water partition coefficient (Wildman–Crippen LogP) is 2.58. The minimum absolute atomic E-state index is 0.142. The number of benzene rings is 1. The molecule has 0 atom stereocenters. The topological polar surface area (TPSA) is 81.9 Å². The van der Waals surface area contributed by atoms with E-state index < -0.39 is 11.9 Å². The molecule has 0 radical (unpaired) electrons. The van der Waals surface area contributed by atoms with Crippen molar-refractivity contribution in [2.75, 3.05) is 38.6 Å². The number of nitrogen functional groups attached to an aromatic ring is 1. The summed E-state index contributed by atoms with van der Waals surface area (Å²) < 4.78 is 10.5. The maximum Gasteiger partial charge on any atom is 0.339 e. The van der Waals surface area contributed by atoms with Gasteiger partial charge >= 0.3 is 11.9 Å². The number of nitrogens with zero attached hydrogens (tertiary/aromatic N) is 1. The van der Waals surface area contributed by atoms with Crippen LogP contribution in [0.3, 0.4) is 0 Å². The molecular weight excluding hydrogens is 308 g/mol. The first kappa shape index (κ1) is 20.0. The van der Waals surface area contributed by atoms with Crippen LogP contribution in [-0.4, -0.2) is 49.7 Å². The first-order valence-corrected chi connectivity index (χ1v) is 8.35. The standard InChI is InChI=1S/C18H28N2O4/c1-5-20(6-2)9-10-23-18(22)16-11-14(19)7-8-15(16)17(21)24-12-13(3)4/h7-8,11,13H,5-6,9-10,12,19H2,1-4H3. The Hall–Kier alpha value is -2.08. The third kappa shape index (κ3) is 6.20. The van der Waals surface area contributed by atoms with Gasteiger partial charge < -0.3 is 20.1 Å². The second-order valence-corrected chi connectivity index (χ2v) is 5.96. The Labute approximate surface area is 143 Å². The summed E-state index contributed by atoms with van der Waals surface area (Å²) in [6.07, 6.45) is 0. The molecule has 1 aromatic carbocycles. The van der Waals surface area contributed by atoms with Gasteiger partial charge in [-0.05, 0) is 37.2 Å². The summed E-state index contributed by atoms with van der Waals surface area (Å²) in [6, 6.07) is 4.52. The van der Waals surface area contributed by atoms with Crippen molar-refractivity contribution in [3.8, 4) is 0 Å². The number of rotatable bonds is 9. The first-order valence-electron chi connectivity index (χ1n) is 8.35. The van der Waals surface area contributed by atoms with Crippen LogP contribution in [0.5, 0.6) is 0 Å². The van der Waals surface area contributed by atoms with Crippen LogP contribution in [0.1, 0.15) is 48.4 Å². The number of ether oxygens (including phenoxy) is 2. The number of likely N-dealkylation sites (N-methyl/N-ethyl adjacent to an activating group) is 1. The van der Waals surface area contributed by atoms with Crippen LogP contribution in [0.4, 0.5) is 5.69 Å². The molecule has 0 aliphatic carbocycles. The van der Waals surface area contributed by atoms with Crippen molar-refractivity contribution in [3.05, 3.63) is 29.3 Å². The lowest BCUT2D eigenvalue weighted by Crippen LogP contribution is -2.28.